The number of hydrogen-bond donors (Lipinski definition) is 1. The van der Waals surface area contributed by atoms with Crippen LogP contribution in [0.1, 0.15) is 26.3 Å². The highest BCUT2D eigenvalue weighted by Gasteiger charge is 2.20. The fourth-order valence-corrected chi connectivity index (χ4v) is 4.58. The summed E-state index contributed by atoms with van der Waals surface area (Å²) in [6.07, 6.45) is 1.68. The standard InChI is InChI=1S/C28H29Cl2N5O2/c1-28(2,3)33-24(36)16-35-26(18-7-6-8-21(29)11-18)32-25-23(27(35)37)13-20(14-31-25)19-9-17(15-34(4)5)10-22(30)12-19/h6-14H,15-16H2,1-5H3,(H,33,36). The van der Waals surface area contributed by atoms with E-state index in [0.717, 1.165) is 23.2 Å². The Morgan fingerprint density at radius 2 is 1.73 bits per heavy atom. The topological polar surface area (TPSA) is 80.1 Å². The van der Waals surface area contributed by atoms with Crippen LogP contribution in [0.3, 0.4) is 0 Å². The van der Waals surface area contributed by atoms with Gasteiger partial charge in [0.15, 0.2) is 5.65 Å². The minimum absolute atomic E-state index is 0.199. The van der Waals surface area contributed by atoms with Crippen molar-refractivity contribution in [3.8, 4) is 22.5 Å². The highest BCUT2D eigenvalue weighted by Crippen LogP contribution is 2.27. The smallest absolute Gasteiger partial charge is 0.263 e. The van der Waals surface area contributed by atoms with Gasteiger partial charge in [-0.05, 0) is 82.4 Å². The summed E-state index contributed by atoms with van der Waals surface area (Å²) in [6.45, 7) is 6.17. The van der Waals surface area contributed by atoms with E-state index in [1.54, 1.807) is 36.5 Å². The molecule has 0 aliphatic carbocycles. The number of benzene rings is 2. The molecule has 0 radical (unpaired) electrons. The van der Waals surface area contributed by atoms with Gasteiger partial charge in [-0.1, -0.05) is 35.3 Å². The van der Waals surface area contributed by atoms with Crippen molar-refractivity contribution >= 4 is 40.1 Å². The number of amides is 1. The van der Waals surface area contributed by atoms with Crippen LogP contribution in [0.2, 0.25) is 10.0 Å². The van der Waals surface area contributed by atoms with Gasteiger partial charge in [0, 0.05) is 39.5 Å². The van der Waals surface area contributed by atoms with E-state index < -0.39 is 5.54 Å². The Hall–Kier alpha value is -3.26. The molecule has 9 heteroatoms. The van der Waals surface area contributed by atoms with Crippen LogP contribution < -0.4 is 10.9 Å². The summed E-state index contributed by atoms with van der Waals surface area (Å²) in [4.78, 5) is 37.9. The monoisotopic (exact) mass is 537 g/mol. The zero-order valence-corrected chi connectivity index (χ0v) is 23.0. The molecule has 0 fully saturated rings. The largest absolute Gasteiger partial charge is 0.350 e. The summed E-state index contributed by atoms with van der Waals surface area (Å²) in [7, 11) is 3.97. The number of nitrogens with zero attached hydrogens (tertiary/aromatic N) is 4. The van der Waals surface area contributed by atoms with Gasteiger partial charge in [0.2, 0.25) is 5.91 Å². The molecule has 2 heterocycles. The number of halogens is 2. The molecular weight excluding hydrogens is 509 g/mol. The Kier molecular flexibility index (Phi) is 7.69. The highest BCUT2D eigenvalue weighted by atomic mass is 35.5. The summed E-state index contributed by atoms with van der Waals surface area (Å²) in [6, 6.07) is 14.5. The molecule has 0 bridgehead atoms. The van der Waals surface area contributed by atoms with E-state index in [-0.39, 0.29) is 23.7 Å². The van der Waals surface area contributed by atoms with Crippen LogP contribution in [0, 0.1) is 0 Å². The lowest BCUT2D eigenvalue weighted by molar-refractivity contribution is -0.123. The van der Waals surface area contributed by atoms with Gasteiger partial charge in [-0.25, -0.2) is 9.97 Å². The maximum atomic E-state index is 13.8. The Balaban J connectivity index is 1.88. The van der Waals surface area contributed by atoms with E-state index >= 15 is 0 Å². The van der Waals surface area contributed by atoms with Gasteiger partial charge >= 0.3 is 0 Å². The number of carbonyl (C=O) groups excluding carboxylic acids is 1. The number of fused-ring (bicyclic) bond motifs is 1. The first kappa shape index (κ1) is 26.8. The Labute approximate surface area is 226 Å². The molecule has 1 N–H and O–H groups in total. The molecule has 0 spiro atoms. The number of rotatable bonds is 6. The van der Waals surface area contributed by atoms with Gasteiger partial charge in [-0.15, -0.1) is 0 Å². The van der Waals surface area contributed by atoms with E-state index in [9.17, 15) is 9.59 Å². The highest BCUT2D eigenvalue weighted by molar-refractivity contribution is 6.31. The summed E-state index contributed by atoms with van der Waals surface area (Å²) in [5.74, 6) is 0.0200. The third-order valence-corrected chi connectivity index (χ3v) is 5.95. The second-order valence-corrected chi connectivity index (χ2v) is 11.2. The lowest BCUT2D eigenvalue weighted by atomic mass is 10.0. The van der Waals surface area contributed by atoms with Crippen molar-refractivity contribution in [2.45, 2.75) is 39.4 Å². The summed E-state index contributed by atoms with van der Waals surface area (Å²) >= 11 is 12.6. The van der Waals surface area contributed by atoms with Crippen LogP contribution in [0.15, 0.2) is 59.5 Å². The molecule has 192 valence electrons. The Bertz CT molecular complexity index is 1540. The third-order valence-electron chi connectivity index (χ3n) is 5.50. The Morgan fingerprint density at radius 1 is 1.00 bits per heavy atom. The predicted molar refractivity (Wildman–Crippen MR) is 150 cm³/mol. The lowest BCUT2D eigenvalue weighted by Crippen LogP contribution is -2.43. The molecule has 0 atom stereocenters. The van der Waals surface area contributed by atoms with E-state index in [1.807, 2.05) is 53.1 Å². The normalized spacial score (nSPS) is 11.8. The van der Waals surface area contributed by atoms with Crippen LogP contribution in [-0.4, -0.2) is 45.0 Å². The van der Waals surface area contributed by atoms with Gasteiger partial charge in [-0.2, -0.15) is 0 Å². The van der Waals surface area contributed by atoms with Crippen molar-refractivity contribution in [3.05, 3.63) is 80.7 Å². The average molecular weight is 538 g/mol. The van der Waals surface area contributed by atoms with Crippen LogP contribution in [0.4, 0.5) is 0 Å². The molecular formula is C28H29Cl2N5O2. The molecule has 0 aliphatic rings. The first-order valence-electron chi connectivity index (χ1n) is 11.8. The minimum atomic E-state index is -0.452. The molecule has 1 amide bonds. The SMILES string of the molecule is CN(C)Cc1cc(Cl)cc(-c2cnc3nc(-c4cccc(Cl)c4)n(CC(=O)NC(C)(C)C)c(=O)c3c2)c1. The van der Waals surface area contributed by atoms with Crippen molar-refractivity contribution in [1.29, 1.82) is 0 Å². The average Bonchev–Trinajstić information content (AvgIpc) is 2.78. The summed E-state index contributed by atoms with van der Waals surface area (Å²) in [5, 5.41) is 4.31. The maximum absolute atomic E-state index is 13.8. The second-order valence-electron chi connectivity index (χ2n) is 10.3. The van der Waals surface area contributed by atoms with Crippen molar-refractivity contribution in [1.82, 2.24) is 24.8 Å². The molecule has 0 saturated heterocycles. The van der Waals surface area contributed by atoms with Crippen LogP contribution >= 0.6 is 23.2 Å². The van der Waals surface area contributed by atoms with E-state index in [0.29, 0.717) is 26.8 Å². The molecule has 0 unspecified atom stereocenters. The molecule has 0 aliphatic heterocycles. The number of hydrogen-bond acceptors (Lipinski definition) is 5. The number of aromatic nitrogens is 3. The third kappa shape index (κ3) is 6.55. The van der Waals surface area contributed by atoms with E-state index in [1.165, 1.54) is 4.57 Å². The van der Waals surface area contributed by atoms with Crippen LogP contribution in [0.5, 0.6) is 0 Å². The predicted octanol–water partition coefficient (Wildman–Crippen LogP) is 5.41. The molecule has 4 aromatic rings. The van der Waals surface area contributed by atoms with Gasteiger partial charge in [-0.3, -0.25) is 14.2 Å². The van der Waals surface area contributed by atoms with Gasteiger partial charge < -0.3 is 10.2 Å². The minimum Gasteiger partial charge on any atom is -0.350 e. The lowest BCUT2D eigenvalue weighted by Gasteiger charge is -2.21. The molecule has 0 saturated carbocycles. The second kappa shape index (κ2) is 10.6. The van der Waals surface area contributed by atoms with Crippen LogP contribution in [0.25, 0.3) is 33.5 Å². The van der Waals surface area contributed by atoms with Crippen LogP contribution in [-0.2, 0) is 17.9 Å². The fourth-order valence-electron chi connectivity index (χ4n) is 4.13. The molecule has 4 rings (SSSR count). The summed E-state index contributed by atoms with van der Waals surface area (Å²) < 4.78 is 1.37. The number of pyridine rings is 1. The summed E-state index contributed by atoms with van der Waals surface area (Å²) in [5.41, 5.74) is 2.69. The van der Waals surface area contributed by atoms with Gasteiger partial charge in [0.1, 0.15) is 12.4 Å². The molecule has 2 aromatic heterocycles. The number of carbonyl (C=O) groups is 1. The maximum Gasteiger partial charge on any atom is 0.263 e. The van der Waals surface area contributed by atoms with Gasteiger partial charge in [0.05, 0.1) is 5.39 Å². The zero-order chi connectivity index (χ0) is 26.9. The fraction of sp³-hybridized carbons (Fsp3) is 0.286. The van der Waals surface area contributed by atoms with E-state index in [2.05, 4.69) is 20.2 Å². The number of nitrogens with one attached hydrogen (secondary N) is 1. The molecule has 2 aromatic carbocycles. The zero-order valence-electron chi connectivity index (χ0n) is 21.5. The van der Waals surface area contributed by atoms with Crippen molar-refractivity contribution in [2.75, 3.05) is 14.1 Å². The van der Waals surface area contributed by atoms with Gasteiger partial charge in [0.25, 0.3) is 5.56 Å². The first-order chi connectivity index (χ1) is 17.4. The molecule has 7 nitrogen and oxygen atoms in total. The van der Waals surface area contributed by atoms with Crippen molar-refractivity contribution in [3.63, 3.8) is 0 Å². The van der Waals surface area contributed by atoms with Crippen molar-refractivity contribution < 1.29 is 4.79 Å². The quantitative estimate of drug-likeness (QED) is 0.355. The Morgan fingerprint density at radius 3 is 2.41 bits per heavy atom. The van der Waals surface area contributed by atoms with E-state index in [4.69, 9.17) is 23.2 Å². The van der Waals surface area contributed by atoms with Crippen molar-refractivity contribution in [2.24, 2.45) is 0 Å². The first-order valence-corrected chi connectivity index (χ1v) is 12.6. The molecule has 37 heavy (non-hydrogen) atoms.